The second-order valence-electron chi connectivity index (χ2n) is 7.30. The van der Waals surface area contributed by atoms with E-state index in [0.29, 0.717) is 25.9 Å². The fraction of sp³-hybridized carbons (Fsp3) is 0.556. The molecule has 1 heterocycles. The van der Waals surface area contributed by atoms with Crippen LogP contribution in [-0.2, 0) is 16.1 Å². The Balaban J connectivity index is 2.00. The average Bonchev–Trinajstić information content (AvgIpc) is 3.13. The summed E-state index contributed by atoms with van der Waals surface area (Å²) in [6.07, 6.45) is -1.16. The van der Waals surface area contributed by atoms with Crippen molar-refractivity contribution in [3.63, 3.8) is 0 Å². The molecule has 3 rings (SSSR count). The van der Waals surface area contributed by atoms with Crippen molar-refractivity contribution < 1.29 is 30.0 Å². The standard InChI is InChI=1S/C18H24N2O6/c19-13-7-6-11-12(13)9-20(8-10-4-2-1-3-5-10)14(11)18(26,17(24)25)15(21)16(22)23/h1-5,11-15,21,26H,6-9,19H2,(H,22,23)(H,24,25)/t11-,12-,13-,14?,15-,18+/m0/s1. The summed E-state index contributed by atoms with van der Waals surface area (Å²) in [5.41, 5.74) is 4.25. The van der Waals surface area contributed by atoms with Gasteiger partial charge < -0.3 is 26.2 Å². The van der Waals surface area contributed by atoms with Crippen molar-refractivity contribution in [2.75, 3.05) is 6.54 Å². The van der Waals surface area contributed by atoms with E-state index >= 15 is 0 Å². The van der Waals surface area contributed by atoms with Crippen molar-refractivity contribution in [1.29, 1.82) is 0 Å². The van der Waals surface area contributed by atoms with Crippen LogP contribution in [0.4, 0.5) is 0 Å². The van der Waals surface area contributed by atoms with E-state index in [2.05, 4.69) is 0 Å². The summed E-state index contributed by atoms with van der Waals surface area (Å²) in [6, 6.07) is 8.13. The molecule has 6 N–H and O–H groups in total. The van der Waals surface area contributed by atoms with E-state index in [4.69, 9.17) is 5.73 Å². The van der Waals surface area contributed by atoms with Crippen molar-refractivity contribution in [1.82, 2.24) is 4.90 Å². The van der Waals surface area contributed by atoms with Crippen LogP contribution in [-0.4, -0.2) is 67.6 Å². The first-order chi connectivity index (χ1) is 12.3. The number of carboxylic acid groups (broad SMARTS) is 2. The largest absolute Gasteiger partial charge is 0.479 e. The number of nitrogens with zero attached hydrogens (tertiary/aromatic N) is 1. The van der Waals surface area contributed by atoms with Crippen LogP contribution in [0.3, 0.4) is 0 Å². The topological polar surface area (TPSA) is 144 Å². The predicted molar refractivity (Wildman–Crippen MR) is 91.1 cm³/mol. The van der Waals surface area contributed by atoms with E-state index in [1.807, 2.05) is 30.3 Å². The van der Waals surface area contributed by atoms with Gasteiger partial charge in [0.15, 0.2) is 6.10 Å². The normalized spacial score (nSPS) is 32.0. The van der Waals surface area contributed by atoms with Crippen LogP contribution < -0.4 is 5.73 Å². The molecule has 0 amide bonds. The minimum absolute atomic E-state index is 0.0458. The van der Waals surface area contributed by atoms with Crippen LogP contribution in [0.2, 0.25) is 0 Å². The maximum Gasteiger partial charge on any atom is 0.340 e. The molecule has 8 heteroatoms. The number of nitrogens with two attached hydrogens (primary N) is 1. The predicted octanol–water partition coefficient (Wildman–Crippen LogP) is -0.514. The van der Waals surface area contributed by atoms with Gasteiger partial charge in [-0.1, -0.05) is 30.3 Å². The minimum Gasteiger partial charge on any atom is -0.479 e. The number of likely N-dealkylation sites (tertiary alicyclic amines) is 1. The molecule has 1 aliphatic carbocycles. The highest BCUT2D eigenvalue weighted by molar-refractivity contribution is 5.88. The Hall–Kier alpha value is -2.00. The van der Waals surface area contributed by atoms with Crippen LogP contribution in [0.15, 0.2) is 30.3 Å². The molecular formula is C18H24N2O6. The van der Waals surface area contributed by atoms with Gasteiger partial charge in [-0.2, -0.15) is 0 Å². The fourth-order valence-electron chi connectivity index (χ4n) is 4.63. The molecule has 8 nitrogen and oxygen atoms in total. The molecule has 0 spiro atoms. The first-order valence-corrected chi connectivity index (χ1v) is 8.67. The van der Waals surface area contributed by atoms with E-state index in [-0.39, 0.29) is 17.9 Å². The monoisotopic (exact) mass is 364 g/mol. The molecule has 0 aromatic heterocycles. The molecule has 1 aromatic carbocycles. The number of aliphatic hydroxyl groups is 2. The van der Waals surface area contributed by atoms with Gasteiger partial charge in [0.25, 0.3) is 0 Å². The smallest absolute Gasteiger partial charge is 0.340 e. The maximum absolute atomic E-state index is 11.9. The van der Waals surface area contributed by atoms with Gasteiger partial charge in [0.1, 0.15) is 0 Å². The summed E-state index contributed by atoms with van der Waals surface area (Å²) in [5, 5.41) is 39.8. The Labute approximate surface area is 150 Å². The highest BCUT2D eigenvalue weighted by atomic mass is 16.4. The average molecular weight is 364 g/mol. The van der Waals surface area contributed by atoms with Crippen molar-refractivity contribution in [2.45, 2.75) is 43.2 Å². The fourth-order valence-corrected chi connectivity index (χ4v) is 4.63. The van der Waals surface area contributed by atoms with E-state index < -0.39 is 29.7 Å². The SMILES string of the molecule is N[C@H]1CC[C@@H]2C([C@](O)(C(=O)O)[C@@H](O)C(=O)O)N(Cc3ccccc3)C[C@@H]21. The summed E-state index contributed by atoms with van der Waals surface area (Å²) in [4.78, 5) is 25.0. The van der Waals surface area contributed by atoms with E-state index in [0.717, 1.165) is 5.56 Å². The number of rotatable bonds is 6. The number of aliphatic carboxylic acids is 2. The second-order valence-corrected chi connectivity index (χ2v) is 7.30. The number of aliphatic hydroxyl groups excluding tert-OH is 1. The van der Waals surface area contributed by atoms with Crippen LogP contribution in [0.5, 0.6) is 0 Å². The molecule has 1 saturated carbocycles. The number of hydrogen-bond acceptors (Lipinski definition) is 6. The first kappa shape index (κ1) is 18.8. The van der Waals surface area contributed by atoms with E-state index in [9.17, 15) is 30.0 Å². The summed E-state index contributed by atoms with van der Waals surface area (Å²) >= 11 is 0. The molecular weight excluding hydrogens is 340 g/mol. The molecule has 2 aliphatic rings. The van der Waals surface area contributed by atoms with Crippen molar-refractivity contribution in [3.05, 3.63) is 35.9 Å². The van der Waals surface area contributed by atoms with Crippen LogP contribution >= 0.6 is 0 Å². The van der Waals surface area contributed by atoms with Gasteiger partial charge in [0.2, 0.25) is 5.60 Å². The van der Waals surface area contributed by atoms with Gasteiger partial charge in [0, 0.05) is 19.1 Å². The Bertz CT molecular complexity index is 684. The zero-order chi connectivity index (χ0) is 19.1. The van der Waals surface area contributed by atoms with Crippen LogP contribution in [0, 0.1) is 11.8 Å². The van der Waals surface area contributed by atoms with Gasteiger partial charge in [-0.05, 0) is 30.2 Å². The molecule has 1 aliphatic heterocycles. The first-order valence-electron chi connectivity index (χ1n) is 8.67. The summed E-state index contributed by atoms with van der Waals surface area (Å²) < 4.78 is 0. The van der Waals surface area contributed by atoms with Crippen LogP contribution in [0.25, 0.3) is 0 Å². The van der Waals surface area contributed by atoms with Gasteiger partial charge in [-0.3, -0.25) is 4.90 Å². The van der Waals surface area contributed by atoms with Crippen molar-refractivity contribution in [3.8, 4) is 0 Å². The molecule has 1 saturated heterocycles. The third-order valence-electron chi connectivity index (χ3n) is 5.85. The Morgan fingerprint density at radius 3 is 2.42 bits per heavy atom. The number of carboxylic acids is 2. The third kappa shape index (κ3) is 2.99. The second kappa shape index (κ2) is 6.96. The molecule has 6 atom stereocenters. The van der Waals surface area contributed by atoms with Gasteiger partial charge >= 0.3 is 11.9 Å². The summed E-state index contributed by atoms with van der Waals surface area (Å²) in [5.74, 6) is -3.84. The lowest BCUT2D eigenvalue weighted by molar-refractivity contribution is -0.195. The molecule has 0 bridgehead atoms. The lowest BCUT2D eigenvalue weighted by atomic mass is 9.78. The lowest BCUT2D eigenvalue weighted by Crippen LogP contribution is -2.65. The van der Waals surface area contributed by atoms with E-state index in [1.54, 1.807) is 4.90 Å². The van der Waals surface area contributed by atoms with Crippen LogP contribution in [0.1, 0.15) is 18.4 Å². The Kier molecular flexibility index (Phi) is 5.03. The highest BCUT2D eigenvalue weighted by Gasteiger charge is 2.63. The molecule has 26 heavy (non-hydrogen) atoms. The molecule has 1 aromatic rings. The number of fused-ring (bicyclic) bond motifs is 1. The van der Waals surface area contributed by atoms with Gasteiger partial charge in [0.05, 0.1) is 6.04 Å². The minimum atomic E-state index is -2.82. The lowest BCUT2D eigenvalue weighted by Gasteiger charge is -2.40. The van der Waals surface area contributed by atoms with Crippen molar-refractivity contribution in [2.24, 2.45) is 17.6 Å². The number of benzene rings is 1. The molecule has 142 valence electrons. The number of hydrogen-bond donors (Lipinski definition) is 5. The summed E-state index contributed by atoms with van der Waals surface area (Å²) in [6.45, 7) is 0.792. The third-order valence-corrected chi connectivity index (χ3v) is 5.85. The van der Waals surface area contributed by atoms with Gasteiger partial charge in [-0.25, -0.2) is 9.59 Å². The van der Waals surface area contributed by atoms with E-state index in [1.165, 1.54) is 0 Å². The number of carbonyl (C=O) groups is 2. The highest BCUT2D eigenvalue weighted by Crippen LogP contribution is 2.46. The Morgan fingerprint density at radius 2 is 1.85 bits per heavy atom. The molecule has 1 unspecified atom stereocenters. The zero-order valence-electron chi connectivity index (χ0n) is 14.2. The zero-order valence-corrected chi connectivity index (χ0v) is 14.2. The molecule has 2 fully saturated rings. The summed E-state index contributed by atoms with van der Waals surface area (Å²) in [7, 11) is 0. The molecule has 0 radical (unpaired) electrons. The van der Waals surface area contributed by atoms with Crippen molar-refractivity contribution >= 4 is 11.9 Å². The maximum atomic E-state index is 11.9. The quantitative estimate of drug-likeness (QED) is 0.454. The van der Waals surface area contributed by atoms with Gasteiger partial charge in [-0.15, -0.1) is 0 Å². The Morgan fingerprint density at radius 1 is 1.19 bits per heavy atom.